The van der Waals surface area contributed by atoms with E-state index in [9.17, 15) is 9.59 Å². The molecule has 4 aromatic carbocycles. The maximum absolute atomic E-state index is 14.8. The van der Waals surface area contributed by atoms with Crippen molar-refractivity contribution in [1.82, 2.24) is 4.90 Å². The average Bonchev–Trinajstić information content (AvgIpc) is 3.30. The lowest BCUT2D eigenvalue weighted by atomic mass is 9.57. The lowest BCUT2D eigenvalue weighted by molar-refractivity contribution is 0.00830. The largest absolute Gasteiger partial charge is 0.492 e. The third-order valence-electron chi connectivity index (χ3n) is 8.61. The average molecular weight is 460 g/mol. The van der Waals surface area contributed by atoms with Crippen LogP contribution in [0.2, 0.25) is 0 Å². The Balaban J connectivity index is 1.58. The first-order valence-electron chi connectivity index (χ1n) is 12.1. The Morgan fingerprint density at radius 1 is 0.829 bits per heavy atom. The van der Waals surface area contributed by atoms with Crippen LogP contribution in [0.4, 0.5) is 0 Å². The van der Waals surface area contributed by atoms with Crippen molar-refractivity contribution in [3.63, 3.8) is 0 Å². The number of nitrogens with zero attached hydrogens (tertiary/aromatic N) is 1. The van der Waals surface area contributed by atoms with E-state index in [1.807, 2.05) is 67.7 Å². The quantitative estimate of drug-likeness (QED) is 0.376. The first-order valence-corrected chi connectivity index (χ1v) is 12.1. The van der Waals surface area contributed by atoms with Gasteiger partial charge >= 0.3 is 0 Å². The van der Waals surface area contributed by atoms with Crippen LogP contribution in [0.3, 0.4) is 0 Å². The van der Waals surface area contributed by atoms with Crippen molar-refractivity contribution in [2.45, 2.75) is 18.4 Å². The molecule has 0 aromatic heterocycles. The zero-order valence-electron chi connectivity index (χ0n) is 19.7. The molecule has 0 bridgehead atoms. The maximum Gasteiger partial charge on any atom is 0.189 e. The van der Waals surface area contributed by atoms with Crippen LogP contribution in [-0.4, -0.2) is 36.7 Å². The molecule has 7 rings (SSSR count). The molecule has 35 heavy (non-hydrogen) atoms. The van der Waals surface area contributed by atoms with Crippen LogP contribution in [0.25, 0.3) is 10.8 Å². The number of likely N-dealkylation sites (tertiary alicyclic amines) is 1. The normalized spacial score (nSPS) is 27.1. The molecule has 1 unspecified atom stereocenters. The molecule has 3 aliphatic rings. The van der Waals surface area contributed by atoms with Gasteiger partial charge in [-0.15, -0.1) is 0 Å². The van der Waals surface area contributed by atoms with Crippen molar-refractivity contribution in [3.05, 3.63) is 113 Å². The number of para-hydroxylation sites is 1. The lowest BCUT2D eigenvalue weighted by Crippen LogP contribution is -2.61. The molecule has 0 amide bonds. The zero-order chi connectivity index (χ0) is 23.9. The van der Waals surface area contributed by atoms with Crippen molar-refractivity contribution in [3.8, 4) is 5.75 Å². The number of benzene rings is 4. The van der Waals surface area contributed by atoms with Crippen LogP contribution in [0, 0.1) is 12.3 Å². The molecule has 0 saturated carbocycles. The smallest absolute Gasteiger partial charge is 0.189 e. The van der Waals surface area contributed by atoms with Gasteiger partial charge in [-0.05, 0) is 48.0 Å². The number of Topliss-reactive ketones (excluding diaryl/α,β-unsaturated/α-hetero) is 2. The Morgan fingerprint density at radius 3 is 2.34 bits per heavy atom. The summed E-state index contributed by atoms with van der Waals surface area (Å²) in [5, 5.41) is 1.99. The lowest BCUT2D eigenvalue weighted by Gasteiger charge is -2.48. The minimum atomic E-state index is -1.14. The maximum atomic E-state index is 14.8. The molecule has 1 aliphatic carbocycles. The Hall–Kier alpha value is -3.76. The molecule has 4 nitrogen and oxygen atoms in total. The number of carbonyl (C=O) groups is 2. The van der Waals surface area contributed by atoms with E-state index in [-0.39, 0.29) is 24.1 Å². The van der Waals surface area contributed by atoms with Gasteiger partial charge in [0.05, 0.1) is 5.56 Å². The van der Waals surface area contributed by atoms with Crippen LogP contribution in [0.15, 0.2) is 84.9 Å². The van der Waals surface area contributed by atoms with Crippen LogP contribution in [0.1, 0.15) is 43.3 Å². The highest BCUT2D eigenvalue weighted by molar-refractivity contribution is 6.24. The van der Waals surface area contributed by atoms with Crippen molar-refractivity contribution >= 4 is 22.3 Å². The van der Waals surface area contributed by atoms with Gasteiger partial charge in [-0.1, -0.05) is 78.4 Å². The Kier molecular flexibility index (Phi) is 4.06. The van der Waals surface area contributed by atoms with Gasteiger partial charge in [-0.25, -0.2) is 0 Å². The van der Waals surface area contributed by atoms with Crippen molar-refractivity contribution in [2.75, 3.05) is 20.2 Å². The minimum Gasteiger partial charge on any atom is -0.492 e. The van der Waals surface area contributed by atoms with Crippen LogP contribution in [-0.2, 0) is 5.54 Å². The van der Waals surface area contributed by atoms with Gasteiger partial charge in [0, 0.05) is 18.0 Å². The van der Waals surface area contributed by atoms with E-state index in [2.05, 4.69) is 36.1 Å². The summed E-state index contributed by atoms with van der Waals surface area (Å²) in [4.78, 5) is 31.5. The number of aryl methyl sites for hydroxylation is 1. The summed E-state index contributed by atoms with van der Waals surface area (Å²) in [6.07, 6.45) is 0. The van der Waals surface area contributed by atoms with Crippen LogP contribution in [0.5, 0.6) is 5.75 Å². The van der Waals surface area contributed by atoms with E-state index in [1.54, 1.807) is 0 Å². The predicted molar refractivity (Wildman–Crippen MR) is 135 cm³/mol. The molecule has 0 radical (unpaired) electrons. The standard InChI is InChI=1S/C31H25NO3/c1-19-13-15-20(16-14-19)25-17-32(2)31(30(25)18-35-26-12-4-3-9-22(26)28(30)33)24-11-6-8-21-7-5-10-23(27(21)24)29(31)34/h3-16,25H,17-18H2,1-2H3/t25-,30+,31?/m0/s1. The summed E-state index contributed by atoms with van der Waals surface area (Å²) in [5.41, 5.74) is 2.15. The summed E-state index contributed by atoms with van der Waals surface area (Å²) in [7, 11) is 1.99. The second kappa shape index (κ2) is 6.89. The number of likely N-dealkylation sites (N-methyl/N-ethyl adjacent to an activating group) is 1. The Labute approximate surface area is 204 Å². The fraction of sp³-hybridized carbons (Fsp3) is 0.226. The first kappa shape index (κ1) is 20.6. The fourth-order valence-electron chi connectivity index (χ4n) is 7.12. The van der Waals surface area contributed by atoms with E-state index < -0.39 is 11.0 Å². The topological polar surface area (TPSA) is 46.6 Å². The first-order chi connectivity index (χ1) is 17.0. The number of carbonyl (C=O) groups excluding carboxylic acids is 2. The second-order valence-electron chi connectivity index (χ2n) is 10.2. The number of ketones is 2. The minimum absolute atomic E-state index is 0.00209. The van der Waals surface area contributed by atoms with Gasteiger partial charge in [0.15, 0.2) is 11.6 Å². The number of fused-ring (bicyclic) bond motifs is 3. The fourth-order valence-corrected chi connectivity index (χ4v) is 7.12. The summed E-state index contributed by atoms with van der Waals surface area (Å²) < 4.78 is 6.39. The molecule has 2 aliphatic heterocycles. The number of hydrogen-bond donors (Lipinski definition) is 0. The van der Waals surface area contributed by atoms with Crippen molar-refractivity contribution < 1.29 is 14.3 Å². The van der Waals surface area contributed by atoms with Gasteiger partial charge in [0.1, 0.15) is 23.3 Å². The highest BCUT2D eigenvalue weighted by Gasteiger charge is 2.74. The molecule has 2 heterocycles. The van der Waals surface area contributed by atoms with Crippen LogP contribution < -0.4 is 4.74 Å². The van der Waals surface area contributed by atoms with E-state index in [4.69, 9.17) is 4.74 Å². The summed E-state index contributed by atoms with van der Waals surface area (Å²) in [6, 6.07) is 27.8. The number of rotatable bonds is 1. The Morgan fingerprint density at radius 2 is 1.54 bits per heavy atom. The van der Waals surface area contributed by atoms with E-state index in [0.29, 0.717) is 23.4 Å². The van der Waals surface area contributed by atoms with Gasteiger partial charge in [-0.3, -0.25) is 14.5 Å². The molecule has 2 spiro atoms. The van der Waals surface area contributed by atoms with Gasteiger partial charge in [0.25, 0.3) is 0 Å². The third kappa shape index (κ3) is 2.31. The number of hydrogen-bond acceptors (Lipinski definition) is 4. The summed E-state index contributed by atoms with van der Waals surface area (Å²) >= 11 is 0. The molecular weight excluding hydrogens is 434 g/mol. The van der Waals surface area contributed by atoms with Crippen molar-refractivity contribution in [2.24, 2.45) is 5.41 Å². The van der Waals surface area contributed by atoms with Gasteiger partial charge in [-0.2, -0.15) is 0 Å². The van der Waals surface area contributed by atoms with Gasteiger partial charge in [0.2, 0.25) is 0 Å². The SMILES string of the molecule is Cc1ccc([C@@H]2CN(C)C3(C(=O)c4cccc5cccc3c45)[C@]23COc2ccccc2C3=O)cc1. The predicted octanol–water partition coefficient (Wildman–Crippen LogP) is 5.53. The van der Waals surface area contributed by atoms with E-state index in [1.165, 1.54) is 0 Å². The molecule has 4 heteroatoms. The molecule has 172 valence electrons. The Bertz CT molecular complexity index is 1550. The molecular formula is C31H25NO3. The molecule has 1 saturated heterocycles. The molecule has 1 fully saturated rings. The van der Waals surface area contributed by atoms with E-state index >= 15 is 0 Å². The third-order valence-corrected chi connectivity index (χ3v) is 8.61. The summed E-state index contributed by atoms with van der Waals surface area (Å²) in [5.74, 6) is 0.379. The zero-order valence-corrected chi connectivity index (χ0v) is 19.7. The van der Waals surface area contributed by atoms with E-state index in [0.717, 1.165) is 27.5 Å². The molecule has 4 aromatic rings. The molecule has 3 atom stereocenters. The highest BCUT2D eigenvalue weighted by atomic mass is 16.5. The molecule has 0 N–H and O–H groups in total. The number of ether oxygens (including phenoxy) is 1. The monoisotopic (exact) mass is 459 g/mol. The highest BCUT2D eigenvalue weighted by Crippen LogP contribution is 2.65. The van der Waals surface area contributed by atoms with Crippen molar-refractivity contribution in [1.29, 1.82) is 0 Å². The van der Waals surface area contributed by atoms with Crippen LogP contribution >= 0.6 is 0 Å². The second-order valence-corrected chi connectivity index (χ2v) is 10.2. The summed E-state index contributed by atoms with van der Waals surface area (Å²) in [6.45, 7) is 2.79. The van der Waals surface area contributed by atoms with Gasteiger partial charge < -0.3 is 4.74 Å².